The van der Waals surface area contributed by atoms with Crippen LogP contribution in [0.15, 0.2) is 42.5 Å². The molecule has 0 saturated heterocycles. The number of nitrogens with two attached hydrogens (primary N) is 1. The van der Waals surface area contributed by atoms with Crippen LogP contribution in [0.4, 0.5) is 35.1 Å². The SMILES string of the molecule is COc1cc(F)c(C(=O)NCC(O)(c2cc3c(c(-c4ccc(F)cc4)n2)OC[C@@]3(N)C(F)(F)F)C(F)(F)F)cc1OC. The van der Waals surface area contributed by atoms with Gasteiger partial charge in [-0.15, -0.1) is 0 Å². The van der Waals surface area contributed by atoms with E-state index in [1.54, 1.807) is 5.32 Å². The standard InChI is InChI=1S/C26H21F8N3O5/c1-40-17-7-14(16(28)9-18(17)41-2)22(38)36-10-24(39,26(32,33)34)19-8-15-21(42-11-23(15,35)25(29,30)31)20(37-19)12-3-5-13(27)6-4-12/h3-9,39H,10-11,35H2,1-2H3,(H,36,38)/t23-,24?/m0/s1. The lowest BCUT2D eigenvalue weighted by molar-refractivity contribution is -0.265. The first-order valence-corrected chi connectivity index (χ1v) is 11.8. The van der Waals surface area contributed by atoms with Gasteiger partial charge in [-0.05, 0) is 36.4 Å². The lowest BCUT2D eigenvalue weighted by atomic mass is 9.87. The molecule has 2 heterocycles. The summed E-state index contributed by atoms with van der Waals surface area (Å²) in [6, 6.07) is 5.63. The Morgan fingerprint density at radius 1 is 1.05 bits per heavy atom. The first kappa shape index (κ1) is 30.8. The molecule has 0 bridgehead atoms. The summed E-state index contributed by atoms with van der Waals surface area (Å²) in [5.41, 5.74) is -5.83. The fourth-order valence-corrected chi connectivity index (χ4v) is 4.19. The molecule has 8 nitrogen and oxygen atoms in total. The zero-order chi connectivity index (χ0) is 31.3. The smallest absolute Gasteiger partial charge is 0.424 e. The Morgan fingerprint density at radius 3 is 2.19 bits per heavy atom. The maximum atomic E-state index is 14.5. The van der Waals surface area contributed by atoms with Crippen molar-refractivity contribution in [1.29, 1.82) is 0 Å². The van der Waals surface area contributed by atoms with Crippen LogP contribution in [0, 0.1) is 11.6 Å². The highest BCUT2D eigenvalue weighted by molar-refractivity contribution is 5.95. The molecule has 1 aromatic heterocycles. The molecule has 4 rings (SSSR count). The molecular weight excluding hydrogens is 586 g/mol. The Hall–Kier alpha value is -4.18. The first-order valence-electron chi connectivity index (χ1n) is 11.8. The lowest BCUT2D eigenvalue weighted by Gasteiger charge is -2.32. The molecule has 0 radical (unpaired) electrons. The Bertz CT molecular complexity index is 1510. The van der Waals surface area contributed by atoms with E-state index in [0.29, 0.717) is 0 Å². The number of nitrogens with zero attached hydrogens (tertiary/aromatic N) is 1. The molecule has 1 amide bonds. The van der Waals surface area contributed by atoms with Gasteiger partial charge in [0.05, 0.1) is 32.0 Å². The number of alkyl halides is 6. The van der Waals surface area contributed by atoms with E-state index in [4.69, 9.17) is 19.9 Å². The van der Waals surface area contributed by atoms with Crippen molar-refractivity contribution in [3.05, 3.63) is 70.9 Å². The van der Waals surface area contributed by atoms with Gasteiger partial charge in [-0.1, -0.05) is 0 Å². The monoisotopic (exact) mass is 607 g/mol. The summed E-state index contributed by atoms with van der Waals surface area (Å²) in [4.78, 5) is 16.5. The summed E-state index contributed by atoms with van der Waals surface area (Å²) in [6.07, 6.45) is -10.9. The van der Waals surface area contributed by atoms with Crippen LogP contribution in [-0.4, -0.2) is 55.7 Å². The Kier molecular flexibility index (Phi) is 7.75. The number of hydrogen-bond acceptors (Lipinski definition) is 7. The van der Waals surface area contributed by atoms with Gasteiger partial charge in [0.2, 0.25) is 5.60 Å². The minimum absolute atomic E-state index is 0.133. The van der Waals surface area contributed by atoms with Gasteiger partial charge < -0.3 is 30.4 Å². The number of halogens is 8. The fourth-order valence-electron chi connectivity index (χ4n) is 4.19. The minimum atomic E-state index is -5.66. The van der Waals surface area contributed by atoms with Gasteiger partial charge in [0.15, 0.2) is 22.8 Å². The maximum absolute atomic E-state index is 14.5. The maximum Gasteiger partial charge on any atom is 0.424 e. The number of nitrogens with one attached hydrogen (secondary N) is 1. The normalized spacial score (nSPS) is 18.1. The molecule has 16 heteroatoms. The Morgan fingerprint density at radius 2 is 1.64 bits per heavy atom. The number of benzene rings is 2. The third kappa shape index (κ3) is 5.15. The van der Waals surface area contributed by atoms with Crippen molar-refractivity contribution in [2.24, 2.45) is 5.73 Å². The molecule has 2 atom stereocenters. The molecular formula is C26H21F8N3O5. The molecule has 1 unspecified atom stereocenters. The molecule has 1 aliphatic heterocycles. The topological polar surface area (TPSA) is 116 Å². The molecule has 0 spiro atoms. The van der Waals surface area contributed by atoms with Crippen molar-refractivity contribution in [1.82, 2.24) is 10.3 Å². The second-order valence-corrected chi connectivity index (χ2v) is 9.23. The number of carbonyl (C=O) groups is 1. The minimum Gasteiger partial charge on any atom is -0.493 e. The van der Waals surface area contributed by atoms with Crippen LogP contribution >= 0.6 is 0 Å². The van der Waals surface area contributed by atoms with E-state index < -0.39 is 82.5 Å². The summed E-state index contributed by atoms with van der Waals surface area (Å²) in [6.45, 7) is -2.95. The van der Waals surface area contributed by atoms with Crippen LogP contribution in [0.25, 0.3) is 11.3 Å². The Labute approximate surface area is 232 Å². The predicted octanol–water partition coefficient (Wildman–Crippen LogP) is 4.33. The summed E-state index contributed by atoms with van der Waals surface area (Å²) in [7, 11) is 2.32. The number of hydrogen-bond donors (Lipinski definition) is 3. The molecule has 0 aliphatic carbocycles. The van der Waals surface area contributed by atoms with Gasteiger partial charge in [-0.3, -0.25) is 4.79 Å². The van der Waals surface area contributed by atoms with Gasteiger partial charge >= 0.3 is 12.4 Å². The van der Waals surface area contributed by atoms with E-state index >= 15 is 0 Å². The molecule has 0 saturated carbocycles. The molecule has 3 aromatic rings. The average molecular weight is 607 g/mol. The van der Waals surface area contributed by atoms with Crippen molar-refractivity contribution in [2.75, 3.05) is 27.4 Å². The predicted molar refractivity (Wildman–Crippen MR) is 129 cm³/mol. The average Bonchev–Trinajstić information content (AvgIpc) is 3.28. The first-order chi connectivity index (χ1) is 19.5. The number of rotatable bonds is 7. The van der Waals surface area contributed by atoms with Gasteiger partial charge in [0.1, 0.15) is 23.9 Å². The van der Waals surface area contributed by atoms with E-state index in [9.17, 15) is 45.0 Å². The van der Waals surface area contributed by atoms with Crippen molar-refractivity contribution in [2.45, 2.75) is 23.5 Å². The fraction of sp³-hybridized carbons (Fsp3) is 0.308. The highest BCUT2D eigenvalue weighted by Crippen LogP contribution is 2.51. The van der Waals surface area contributed by atoms with E-state index in [0.717, 1.165) is 43.5 Å². The number of methoxy groups -OCH3 is 2. The third-order valence-corrected chi connectivity index (χ3v) is 6.64. The summed E-state index contributed by atoms with van der Waals surface area (Å²) in [5, 5.41) is 12.7. The van der Waals surface area contributed by atoms with Gasteiger partial charge in [-0.25, -0.2) is 13.8 Å². The van der Waals surface area contributed by atoms with Gasteiger partial charge in [0.25, 0.3) is 5.91 Å². The lowest BCUT2D eigenvalue weighted by Crippen LogP contribution is -2.53. The quantitative estimate of drug-likeness (QED) is 0.343. The molecule has 2 aromatic carbocycles. The number of amides is 1. The molecule has 1 aliphatic rings. The van der Waals surface area contributed by atoms with Gasteiger partial charge in [0, 0.05) is 17.2 Å². The number of pyridine rings is 1. The van der Waals surface area contributed by atoms with Crippen molar-refractivity contribution in [3.63, 3.8) is 0 Å². The zero-order valence-corrected chi connectivity index (χ0v) is 21.6. The van der Waals surface area contributed by atoms with Crippen LogP contribution in [0.2, 0.25) is 0 Å². The van der Waals surface area contributed by atoms with E-state index in [-0.39, 0.29) is 23.1 Å². The highest BCUT2D eigenvalue weighted by Gasteiger charge is 2.61. The summed E-state index contributed by atoms with van der Waals surface area (Å²) < 4.78 is 128. The molecule has 0 fully saturated rings. The van der Waals surface area contributed by atoms with Gasteiger partial charge in [-0.2, -0.15) is 26.3 Å². The summed E-state index contributed by atoms with van der Waals surface area (Å²) in [5.74, 6) is -4.34. The largest absolute Gasteiger partial charge is 0.493 e. The van der Waals surface area contributed by atoms with Crippen LogP contribution in [0.3, 0.4) is 0 Å². The van der Waals surface area contributed by atoms with Crippen LogP contribution < -0.4 is 25.3 Å². The number of aliphatic hydroxyl groups is 1. The van der Waals surface area contributed by atoms with Crippen LogP contribution in [0.1, 0.15) is 21.6 Å². The number of ether oxygens (including phenoxy) is 3. The third-order valence-electron chi connectivity index (χ3n) is 6.64. The number of carbonyl (C=O) groups excluding carboxylic acids is 1. The number of aromatic nitrogens is 1. The number of fused-ring (bicyclic) bond motifs is 1. The molecule has 4 N–H and O–H groups in total. The Balaban J connectivity index is 1.84. The van der Waals surface area contributed by atoms with Crippen molar-refractivity contribution < 1.29 is 59.2 Å². The second kappa shape index (κ2) is 10.6. The summed E-state index contributed by atoms with van der Waals surface area (Å²) >= 11 is 0. The van der Waals surface area contributed by atoms with Crippen LogP contribution in [-0.2, 0) is 11.1 Å². The van der Waals surface area contributed by atoms with E-state index in [1.807, 2.05) is 0 Å². The van der Waals surface area contributed by atoms with Crippen molar-refractivity contribution >= 4 is 5.91 Å². The van der Waals surface area contributed by atoms with E-state index in [1.165, 1.54) is 7.11 Å². The molecule has 226 valence electrons. The second-order valence-electron chi connectivity index (χ2n) is 9.23. The van der Waals surface area contributed by atoms with E-state index in [2.05, 4.69) is 4.98 Å². The van der Waals surface area contributed by atoms with Crippen molar-refractivity contribution in [3.8, 4) is 28.5 Å². The van der Waals surface area contributed by atoms with Crippen LogP contribution in [0.5, 0.6) is 17.2 Å². The zero-order valence-electron chi connectivity index (χ0n) is 21.6. The molecule has 42 heavy (non-hydrogen) atoms. The highest BCUT2D eigenvalue weighted by atomic mass is 19.4.